The molecule has 0 spiro atoms. The number of anilines is 2. The van der Waals surface area contributed by atoms with Crippen molar-refractivity contribution in [2.24, 2.45) is 5.92 Å². The molecule has 0 bridgehead atoms. The number of hydrogen-bond acceptors (Lipinski definition) is 9. The second-order valence-electron chi connectivity index (χ2n) is 9.87. The maximum atomic E-state index is 14.0. The number of aromatic nitrogens is 1. The van der Waals surface area contributed by atoms with E-state index in [4.69, 9.17) is 27.9 Å². The number of non-ortho nitro benzene ring substituents is 1. The topological polar surface area (TPSA) is 141 Å². The number of imide groups is 1. The number of nitro groups is 1. The molecule has 3 atom stereocenters. The van der Waals surface area contributed by atoms with Crippen molar-refractivity contribution in [1.82, 2.24) is 4.57 Å². The van der Waals surface area contributed by atoms with Crippen LogP contribution >= 0.6 is 46.3 Å². The number of thioether (sulfide) groups is 1. The van der Waals surface area contributed by atoms with Gasteiger partial charge in [-0.3, -0.25) is 33.9 Å². The predicted molar refractivity (Wildman–Crippen MR) is 167 cm³/mol. The van der Waals surface area contributed by atoms with E-state index in [0.29, 0.717) is 31.9 Å². The number of fused-ring (bicyclic) bond motifs is 2. The summed E-state index contributed by atoms with van der Waals surface area (Å²) in [5.74, 6) is -2.74. The van der Waals surface area contributed by atoms with E-state index in [2.05, 4.69) is 5.32 Å². The van der Waals surface area contributed by atoms with Gasteiger partial charge in [0, 0.05) is 34.2 Å². The highest BCUT2D eigenvalue weighted by Gasteiger charge is 2.57. The van der Waals surface area contributed by atoms with Crippen molar-refractivity contribution in [3.05, 3.63) is 107 Å². The fourth-order valence-electron chi connectivity index (χ4n) is 5.41. The van der Waals surface area contributed by atoms with Crippen molar-refractivity contribution in [1.29, 1.82) is 0 Å². The molecule has 44 heavy (non-hydrogen) atoms. The highest BCUT2D eigenvalue weighted by atomic mass is 35.5. The van der Waals surface area contributed by atoms with E-state index in [0.717, 1.165) is 28.0 Å². The molecular weight excluding hydrogens is 651 g/mol. The molecule has 2 aliphatic rings. The molecule has 0 aliphatic carbocycles. The standard InChI is InChI=1S/C29H20Cl2N4O7S2/c1-42-20-5-3-2-4-17(20)22-23-24(27(38)34(26(23)37)15-7-9-16(10-8-15)35(40)41)43-28-25(22)44-29(39)33(28)13-21(36)32-14-6-11-18(30)19(31)12-14/h2-12,22-24H,13H2,1H3,(H,32,36)/t22-,23?,24?/m1/s1. The second kappa shape index (κ2) is 11.7. The third-order valence-corrected chi connectivity index (χ3v) is 10.7. The average Bonchev–Trinajstić information content (AvgIpc) is 3.45. The van der Waals surface area contributed by atoms with Gasteiger partial charge in [-0.2, -0.15) is 0 Å². The quantitative estimate of drug-likeness (QED) is 0.153. The van der Waals surface area contributed by atoms with Crippen molar-refractivity contribution in [3.63, 3.8) is 0 Å². The number of benzene rings is 3. The van der Waals surface area contributed by atoms with E-state index >= 15 is 0 Å². The van der Waals surface area contributed by atoms with Crippen LogP contribution in [-0.4, -0.2) is 39.6 Å². The Kier molecular flexibility index (Phi) is 7.97. The van der Waals surface area contributed by atoms with Crippen molar-refractivity contribution in [2.75, 3.05) is 17.3 Å². The van der Waals surface area contributed by atoms with Crippen LogP contribution in [0.4, 0.5) is 17.1 Å². The molecule has 2 aliphatic heterocycles. The number of thiazole rings is 1. The monoisotopic (exact) mass is 670 g/mol. The van der Waals surface area contributed by atoms with E-state index in [1.165, 1.54) is 48.1 Å². The van der Waals surface area contributed by atoms with Crippen LogP contribution in [0.15, 0.2) is 76.6 Å². The van der Waals surface area contributed by atoms with E-state index in [1.807, 2.05) is 0 Å². The molecular formula is C29H20Cl2N4O7S2. The molecule has 1 saturated heterocycles. The third-order valence-electron chi connectivity index (χ3n) is 7.35. The summed E-state index contributed by atoms with van der Waals surface area (Å²) in [6, 6.07) is 16.8. The van der Waals surface area contributed by atoms with Crippen LogP contribution in [0, 0.1) is 16.0 Å². The number of nitrogens with zero attached hydrogens (tertiary/aromatic N) is 3. The largest absolute Gasteiger partial charge is 0.496 e. The zero-order valence-corrected chi connectivity index (χ0v) is 25.7. The summed E-state index contributed by atoms with van der Waals surface area (Å²) >= 11 is 14.0. The van der Waals surface area contributed by atoms with Gasteiger partial charge in [-0.05, 0) is 36.4 Å². The molecule has 224 valence electrons. The Morgan fingerprint density at radius 1 is 1.02 bits per heavy atom. The van der Waals surface area contributed by atoms with Crippen molar-refractivity contribution in [3.8, 4) is 5.75 Å². The first-order valence-electron chi connectivity index (χ1n) is 13.0. The third kappa shape index (κ3) is 5.15. The van der Waals surface area contributed by atoms with Gasteiger partial charge in [-0.25, -0.2) is 4.90 Å². The summed E-state index contributed by atoms with van der Waals surface area (Å²) in [7, 11) is 1.49. The van der Waals surface area contributed by atoms with Gasteiger partial charge in [0.15, 0.2) is 0 Å². The van der Waals surface area contributed by atoms with Gasteiger partial charge < -0.3 is 10.1 Å². The molecule has 4 aromatic rings. The molecule has 3 amide bonds. The highest BCUT2D eigenvalue weighted by Crippen LogP contribution is 2.55. The summed E-state index contributed by atoms with van der Waals surface area (Å²) in [4.78, 5) is 66.1. The van der Waals surface area contributed by atoms with Crippen molar-refractivity contribution < 1.29 is 24.0 Å². The number of carbonyl (C=O) groups is 3. The number of carbonyl (C=O) groups excluding carboxylic acids is 3. The van der Waals surface area contributed by atoms with Crippen molar-refractivity contribution in [2.45, 2.75) is 22.7 Å². The summed E-state index contributed by atoms with van der Waals surface area (Å²) in [6.07, 6.45) is 0. The Morgan fingerprint density at radius 3 is 2.43 bits per heavy atom. The van der Waals surface area contributed by atoms with E-state index in [-0.39, 0.29) is 22.9 Å². The molecule has 0 radical (unpaired) electrons. The summed E-state index contributed by atoms with van der Waals surface area (Å²) < 4.78 is 6.91. The minimum absolute atomic E-state index is 0.183. The molecule has 0 saturated carbocycles. The molecule has 1 aromatic heterocycles. The fourth-order valence-corrected chi connectivity index (χ4v) is 8.47. The zero-order valence-electron chi connectivity index (χ0n) is 22.6. The number of halogens is 2. The lowest BCUT2D eigenvalue weighted by molar-refractivity contribution is -0.384. The molecule has 1 fully saturated rings. The number of hydrogen-bond donors (Lipinski definition) is 1. The number of nitro benzene ring substituents is 1. The van der Waals surface area contributed by atoms with Crippen LogP contribution in [0.1, 0.15) is 16.4 Å². The van der Waals surface area contributed by atoms with Crippen molar-refractivity contribution >= 4 is 81.1 Å². The zero-order chi connectivity index (χ0) is 31.3. The maximum absolute atomic E-state index is 14.0. The number of nitrogens with one attached hydrogen (secondary N) is 1. The Morgan fingerprint density at radius 2 is 1.75 bits per heavy atom. The normalized spacial score (nSPS) is 19.0. The van der Waals surface area contributed by atoms with Gasteiger partial charge >= 0.3 is 4.87 Å². The highest BCUT2D eigenvalue weighted by molar-refractivity contribution is 8.00. The van der Waals surface area contributed by atoms with Gasteiger partial charge in [-0.15, -0.1) is 0 Å². The predicted octanol–water partition coefficient (Wildman–Crippen LogP) is 5.57. The lowest BCUT2D eigenvalue weighted by Gasteiger charge is -2.31. The number of amides is 3. The minimum Gasteiger partial charge on any atom is -0.496 e. The molecule has 3 aromatic carbocycles. The molecule has 6 rings (SSSR count). The van der Waals surface area contributed by atoms with Gasteiger partial charge in [0.1, 0.15) is 17.5 Å². The van der Waals surface area contributed by atoms with Gasteiger partial charge in [-0.1, -0.05) is 64.5 Å². The first-order valence-corrected chi connectivity index (χ1v) is 15.4. The molecule has 11 nitrogen and oxygen atoms in total. The number of methoxy groups -OCH3 is 1. The number of para-hydroxylation sites is 1. The summed E-state index contributed by atoms with van der Waals surface area (Å²) in [6.45, 7) is -0.359. The lowest BCUT2D eigenvalue weighted by Crippen LogP contribution is -2.33. The average molecular weight is 672 g/mol. The molecule has 2 unspecified atom stereocenters. The molecule has 1 N–H and O–H groups in total. The van der Waals surface area contributed by atoms with Gasteiger partial charge in [0.2, 0.25) is 17.7 Å². The fraction of sp³-hybridized carbons (Fsp3) is 0.172. The number of ether oxygens (including phenoxy) is 1. The SMILES string of the molecule is COc1ccccc1[C@H]1c2sc(=O)n(CC(=O)Nc3ccc(Cl)c(Cl)c3)c2SC2C(=O)N(c3ccc([N+](=O)[O-])cc3)C(=O)C21. The van der Waals surface area contributed by atoms with Crippen LogP contribution in [0.2, 0.25) is 10.0 Å². The Hall–Kier alpha value is -4.17. The first kappa shape index (κ1) is 29.9. The number of rotatable bonds is 7. The Balaban J connectivity index is 1.41. The minimum atomic E-state index is -0.946. The smallest absolute Gasteiger partial charge is 0.308 e. The van der Waals surface area contributed by atoms with E-state index in [1.54, 1.807) is 30.3 Å². The maximum Gasteiger partial charge on any atom is 0.308 e. The van der Waals surface area contributed by atoms with Gasteiger partial charge in [0.05, 0.1) is 38.7 Å². The van der Waals surface area contributed by atoms with Crippen LogP contribution in [0.3, 0.4) is 0 Å². The van der Waals surface area contributed by atoms with Crippen LogP contribution in [0.5, 0.6) is 5.75 Å². The van der Waals surface area contributed by atoms with E-state index < -0.39 is 44.6 Å². The summed E-state index contributed by atoms with van der Waals surface area (Å²) in [5, 5.41) is 13.9. The Labute approximate surface area is 267 Å². The molecule has 3 heterocycles. The lowest BCUT2D eigenvalue weighted by atomic mass is 9.82. The van der Waals surface area contributed by atoms with Crippen LogP contribution in [-0.2, 0) is 20.9 Å². The van der Waals surface area contributed by atoms with Crippen LogP contribution < -0.4 is 19.8 Å². The van der Waals surface area contributed by atoms with E-state index in [9.17, 15) is 29.3 Å². The molecule has 15 heteroatoms. The Bertz CT molecular complexity index is 1910. The van der Waals surface area contributed by atoms with Crippen LogP contribution in [0.25, 0.3) is 0 Å². The first-order chi connectivity index (χ1) is 21.1. The summed E-state index contributed by atoms with van der Waals surface area (Å²) in [5.41, 5.74) is 1.00. The second-order valence-corrected chi connectivity index (χ2v) is 12.8. The van der Waals surface area contributed by atoms with Gasteiger partial charge in [0.25, 0.3) is 5.69 Å².